The van der Waals surface area contributed by atoms with Gasteiger partial charge in [-0.15, -0.1) is 11.6 Å². The van der Waals surface area contributed by atoms with Crippen LogP contribution in [0, 0.1) is 0 Å². The fourth-order valence-electron chi connectivity index (χ4n) is 0.700. The molecular formula is C6H10ClN3O. The summed E-state index contributed by atoms with van der Waals surface area (Å²) in [5.41, 5.74) is 0. The molecule has 0 spiro atoms. The highest BCUT2D eigenvalue weighted by atomic mass is 35.5. The van der Waals surface area contributed by atoms with Crippen LogP contribution in [0.3, 0.4) is 0 Å². The quantitative estimate of drug-likeness (QED) is 0.687. The Balaban J connectivity index is 2.44. The number of nitrogens with zero attached hydrogens (tertiary/aromatic N) is 2. The Hall–Kier alpha value is -0.610. The van der Waals surface area contributed by atoms with E-state index in [-0.39, 0.29) is 0 Å². The monoisotopic (exact) mass is 175 g/mol. The van der Waals surface area contributed by atoms with Crippen LogP contribution in [0.15, 0.2) is 0 Å². The molecule has 5 heteroatoms. The highest BCUT2D eigenvalue weighted by Gasteiger charge is 2.00. The molecule has 0 aromatic carbocycles. The molecule has 0 aliphatic carbocycles. The summed E-state index contributed by atoms with van der Waals surface area (Å²) >= 11 is 5.51. The molecule has 0 fully saturated rings. The number of ether oxygens (including phenoxy) is 1. The molecule has 1 heterocycles. The molecule has 0 bridgehead atoms. The van der Waals surface area contributed by atoms with Gasteiger partial charge in [0, 0.05) is 13.5 Å². The summed E-state index contributed by atoms with van der Waals surface area (Å²) in [5.74, 6) is 1.83. The summed E-state index contributed by atoms with van der Waals surface area (Å²) in [6.45, 7) is 0.638. The number of H-pyrrole nitrogens is 1. The standard InChI is InChI=1S/C6H10ClN3O/c1-11-3-2-5-8-6(4-7)10-9-5/h2-4H2,1H3,(H,8,9,10). The third-order valence-corrected chi connectivity index (χ3v) is 1.49. The lowest BCUT2D eigenvalue weighted by Gasteiger charge is -1.90. The molecule has 0 unspecified atom stereocenters. The van der Waals surface area contributed by atoms with Crippen molar-refractivity contribution in [1.82, 2.24) is 15.2 Å². The molecule has 0 aliphatic heterocycles. The van der Waals surface area contributed by atoms with Gasteiger partial charge in [0.2, 0.25) is 0 Å². The minimum Gasteiger partial charge on any atom is -0.384 e. The second-order valence-corrected chi connectivity index (χ2v) is 2.34. The van der Waals surface area contributed by atoms with Crippen molar-refractivity contribution >= 4 is 11.6 Å². The molecule has 0 aliphatic rings. The van der Waals surface area contributed by atoms with Gasteiger partial charge in [0.1, 0.15) is 5.82 Å². The SMILES string of the molecule is COCCc1n[nH]c(CCl)n1. The number of hydrogen-bond acceptors (Lipinski definition) is 3. The van der Waals surface area contributed by atoms with Crippen LogP contribution in [0.5, 0.6) is 0 Å². The third-order valence-electron chi connectivity index (χ3n) is 1.23. The number of alkyl halides is 1. The van der Waals surface area contributed by atoms with Gasteiger partial charge in [-0.2, -0.15) is 5.10 Å². The highest BCUT2D eigenvalue weighted by molar-refractivity contribution is 6.16. The van der Waals surface area contributed by atoms with E-state index in [1.807, 2.05) is 0 Å². The van der Waals surface area contributed by atoms with Gasteiger partial charge in [0.15, 0.2) is 5.82 Å². The average molecular weight is 176 g/mol. The number of halogens is 1. The topological polar surface area (TPSA) is 50.8 Å². The van der Waals surface area contributed by atoms with Gasteiger partial charge >= 0.3 is 0 Å². The lowest BCUT2D eigenvalue weighted by atomic mass is 10.4. The van der Waals surface area contributed by atoms with Crippen molar-refractivity contribution in [2.24, 2.45) is 0 Å². The Morgan fingerprint density at radius 1 is 1.64 bits per heavy atom. The summed E-state index contributed by atoms with van der Waals surface area (Å²) < 4.78 is 4.86. The summed E-state index contributed by atoms with van der Waals surface area (Å²) in [6.07, 6.45) is 0.726. The summed E-state index contributed by atoms with van der Waals surface area (Å²) in [7, 11) is 1.65. The van der Waals surface area contributed by atoms with E-state index in [9.17, 15) is 0 Å². The molecule has 11 heavy (non-hydrogen) atoms. The highest BCUT2D eigenvalue weighted by Crippen LogP contribution is 1.96. The predicted octanol–water partition coefficient (Wildman–Crippen LogP) is 0.732. The van der Waals surface area contributed by atoms with Crippen molar-refractivity contribution in [3.63, 3.8) is 0 Å². The maximum absolute atomic E-state index is 5.51. The van der Waals surface area contributed by atoms with E-state index in [1.54, 1.807) is 7.11 Å². The fraction of sp³-hybridized carbons (Fsp3) is 0.667. The van der Waals surface area contributed by atoms with Gasteiger partial charge in [-0.3, -0.25) is 5.10 Å². The summed E-state index contributed by atoms with van der Waals surface area (Å²) in [6, 6.07) is 0. The number of methoxy groups -OCH3 is 1. The molecule has 0 saturated carbocycles. The smallest absolute Gasteiger partial charge is 0.153 e. The van der Waals surface area contributed by atoms with E-state index in [2.05, 4.69) is 15.2 Å². The van der Waals surface area contributed by atoms with E-state index in [0.717, 1.165) is 12.2 Å². The molecule has 1 rings (SSSR count). The number of aromatic amines is 1. The predicted molar refractivity (Wildman–Crippen MR) is 41.5 cm³/mol. The fourth-order valence-corrected chi connectivity index (χ4v) is 0.819. The van der Waals surface area contributed by atoms with Crippen LogP contribution in [0.1, 0.15) is 11.6 Å². The van der Waals surface area contributed by atoms with Crippen molar-refractivity contribution in [2.75, 3.05) is 13.7 Å². The van der Waals surface area contributed by atoms with Crippen LogP contribution < -0.4 is 0 Å². The molecule has 0 radical (unpaired) electrons. The van der Waals surface area contributed by atoms with E-state index >= 15 is 0 Å². The minimum absolute atomic E-state index is 0.375. The molecule has 62 valence electrons. The van der Waals surface area contributed by atoms with Crippen LogP contribution in [-0.2, 0) is 17.0 Å². The van der Waals surface area contributed by atoms with Crippen molar-refractivity contribution < 1.29 is 4.74 Å². The van der Waals surface area contributed by atoms with Crippen molar-refractivity contribution in [3.05, 3.63) is 11.6 Å². The zero-order chi connectivity index (χ0) is 8.10. The largest absolute Gasteiger partial charge is 0.384 e. The first-order valence-corrected chi connectivity index (χ1v) is 3.85. The lowest BCUT2D eigenvalue weighted by Crippen LogP contribution is -1.96. The first-order chi connectivity index (χ1) is 5.36. The molecule has 0 saturated heterocycles. The average Bonchev–Trinajstić information content (AvgIpc) is 2.48. The second-order valence-electron chi connectivity index (χ2n) is 2.07. The van der Waals surface area contributed by atoms with E-state index < -0.39 is 0 Å². The molecule has 1 N–H and O–H groups in total. The summed E-state index contributed by atoms with van der Waals surface area (Å²) in [4.78, 5) is 4.09. The van der Waals surface area contributed by atoms with Crippen molar-refractivity contribution in [3.8, 4) is 0 Å². The van der Waals surface area contributed by atoms with E-state index in [4.69, 9.17) is 16.3 Å². The normalized spacial score (nSPS) is 10.4. The van der Waals surface area contributed by atoms with Gasteiger partial charge in [-0.1, -0.05) is 0 Å². The van der Waals surface area contributed by atoms with Gasteiger partial charge in [-0.25, -0.2) is 4.98 Å². The zero-order valence-corrected chi connectivity index (χ0v) is 7.06. The third kappa shape index (κ3) is 2.48. The first-order valence-electron chi connectivity index (χ1n) is 3.32. The summed E-state index contributed by atoms with van der Waals surface area (Å²) in [5, 5.41) is 6.64. The Labute approximate surface area is 69.9 Å². The maximum atomic E-state index is 5.51. The zero-order valence-electron chi connectivity index (χ0n) is 6.30. The van der Waals surface area contributed by atoms with Crippen LogP contribution in [0.4, 0.5) is 0 Å². The second kappa shape index (κ2) is 4.31. The minimum atomic E-state index is 0.375. The van der Waals surface area contributed by atoms with Crippen LogP contribution >= 0.6 is 11.6 Å². The van der Waals surface area contributed by atoms with Crippen LogP contribution in [0.25, 0.3) is 0 Å². The molecular weight excluding hydrogens is 166 g/mol. The molecule has 4 nitrogen and oxygen atoms in total. The Kier molecular flexibility index (Phi) is 3.32. The van der Waals surface area contributed by atoms with Gasteiger partial charge in [0.25, 0.3) is 0 Å². The number of aromatic nitrogens is 3. The van der Waals surface area contributed by atoms with Crippen molar-refractivity contribution in [2.45, 2.75) is 12.3 Å². The first kappa shape index (κ1) is 8.49. The van der Waals surface area contributed by atoms with Gasteiger partial charge < -0.3 is 4.74 Å². The number of nitrogens with one attached hydrogen (secondary N) is 1. The molecule has 0 amide bonds. The Morgan fingerprint density at radius 2 is 2.45 bits per heavy atom. The molecule has 1 aromatic heterocycles. The van der Waals surface area contributed by atoms with Crippen LogP contribution in [-0.4, -0.2) is 28.9 Å². The van der Waals surface area contributed by atoms with E-state index in [1.165, 1.54) is 0 Å². The van der Waals surface area contributed by atoms with Gasteiger partial charge in [-0.05, 0) is 0 Å². The number of hydrogen-bond donors (Lipinski definition) is 1. The van der Waals surface area contributed by atoms with Gasteiger partial charge in [0.05, 0.1) is 12.5 Å². The Bertz CT molecular complexity index is 213. The lowest BCUT2D eigenvalue weighted by molar-refractivity contribution is 0.200. The Morgan fingerprint density at radius 3 is 3.00 bits per heavy atom. The van der Waals surface area contributed by atoms with E-state index in [0.29, 0.717) is 18.3 Å². The molecule has 0 atom stereocenters. The maximum Gasteiger partial charge on any atom is 0.153 e. The van der Waals surface area contributed by atoms with Crippen molar-refractivity contribution in [1.29, 1.82) is 0 Å². The molecule has 1 aromatic rings. The number of rotatable bonds is 4. The van der Waals surface area contributed by atoms with Crippen LogP contribution in [0.2, 0.25) is 0 Å².